The lowest BCUT2D eigenvalue weighted by atomic mass is 9.74. The van der Waals surface area contributed by atoms with Crippen LogP contribution in [0.15, 0.2) is 0 Å². The van der Waals surface area contributed by atoms with Crippen LogP contribution >= 0.6 is 0 Å². The van der Waals surface area contributed by atoms with Gasteiger partial charge in [0, 0.05) is 0 Å². The van der Waals surface area contributed by atoms with Crippen LogP contribution in [0.5, 0.6) is 0 Å². The lowest BCUT2D eigenvalue weighted by Gasteiger charge is -2.36. The van der Waals surface area contributed by atoms with Gasteiger partial charge in [-0.3, -0.25) is 0 Å². The lowest BCUT2D eigenvalue weighted by Crippen LogP contribution is -2.32. The second kappa shape index (κ2) is 11.8. The van der Waals surface area contributed by atoms with Gasteiger partial charge in [-0.15, -0.1) is 0 Å². The maximum atomic E-state index is 9.88. The normalized spacial score (nSPS) is 23.0. The third kappa shape index (κ3) is 12.9. The minimum Gasteiger partial charge on any atom is -0.390 e. The van der Waals surface area contributed by atoms with Gasteiger partial charge in [0.2, 0.25) is 0 Å². The molecule has 0 saturated heterocycles. The highest BCUT2D eigenvalue weighted by atomic mass is 16.5. The van der Waals surface area contributed by atoms with E-state index in [1.54, 1.807) is 0 Å². The molecular formula is C25H50O2. The molecule has 0 aromatic rings. The van der Waals surface area contributed by atoms with Gasteiger partial charge in [-0.25, -0.2) is 0 Å². The summed E-state index contributed by atoms with van der Waals surface area (Å²) in [5, 5.41) is 9.88. The fourth-order valence-corrected chi connectivity index (χ4v) is 4.72. The van der Waals surface area contributed by atoms with Crippen molar-refractivity contribution in [3.8, 4) is 0 Å². The largest absolute Gasteiger partial charge is 0.390 e. The first kappa shape index (κ1) is 25.0. The molecule has 1 aliphatic carbocycles. The zero-order valence-corrected chi connectivity index (χ0v) is 19.7. The molecule has 162 valence electrons. The van der Waals surface area contributed by atoms with Crippen LogP contribution in [0.1, 0.15) is 119 Å². The van der Waals surface area contributed by atoms with Crippen LogP contribution in [0, 0.1) is 23.7 Å². The fraction of sp³-hybridized carbons (Fsp3) is 1.00. The van der Waals surface area contributed by atoms with Gasteiger partial charge >= 0.3 is 0 Å². The highest BCUT2D eigenvalue weighted by molar-refractivity contribution is 4.81. The molecule has 1 rings (SSSR count). The zero-order chi connectivity index (χ0) is 20.5. The SMILES string of the molecule is CC(C)CCCC(C)CCC1CCCC(CC(C)(C)OCCC(C)(C)O)C1. The van der Waals surface area contributed by atoms with Gasteiger partial charge in [0.1, 0.15) is 0 Å². The molecular weight excluding hydrogens is 332 g/mol. The van der Waals surface area contributed by atoms with Crippen LogP contribution in [0.2, 0.25) is 0 Å². The Labute approximate surface area is 170 Å². The summed E-state index contributed by atoms with van der Waals surface area (Å²) < 4.78 is 6.15. The first-order valence-electron chi connectivity index (χ1n) is 11.8. The van der Waals surface area contributed by atoms with E-state index in [1.165, 1.54) is 64.2 Å². The predicted molar refractivity (Wildman–Crippen MR) is 118 cm³/mol. The van der Waals surface area contributed by atoms with E-state index in [1.807, 2.05) is 13.8 Å². The van der Waals surface area contributed by atoms with Gasteiger partial charge in [-0.05, 0) is 70.6 Å². The summed E-state index contributed by atoms with van der Waals surface area (Å²) >= 11 is 0. The van der Waals surface area contributed by atoms with E-state index >= 15 is 0 Å². The fourth-order valence-electron chi connectivity index (χ4n) is 4.72. The second-order valence-electron chi connectivity index (χ2n) is 11.3. The average molecular weight is 383 g/mol. The van der Waals surface area contributed by atoms with Crippen LogP contribution in [0.3, 0.4) is 0 Å². The average Bonchev–Trinajstić information content (AvgIpc) is 2.51. The molecule has 1 N–H and O–H groups in total. The summed E-state index contributed by atoms with van der Waals surface area (Å²) in [5.41, 5.74) is -0.695. The Morgan fingerprint density at radius 1 is 0.963 bits per heavy atom. The van der Waals surface area contributed by atoms with Crippen molar-refractivity contribution in [2.45, 2.75) is 130 Å². The van der Waals surface area contributed by atoms with Crippen molar-refractivity contribution in [3.05, 3.63) is 0 Å². The molecule has 3 atom stereocenters. The van der Waals surface area contributed by atoms with E-state index in [-0.39, 0.29) is 5.60 Å². The maximum Gasteiger partial charge on any atom is 0.0629 e. The van der Waals surface area contributed by atoms with Gasteiger partial charge < -0.3 is 9.84 Å². The third-order valence-electron chi connectivity index (χ3n) is 6.42. The van der Waals surface area contributed by atoms with Crippen molar-refractivity contribution in [3.63, 3.8) is 0 Å². The Bertz CT molecular complexity index is 380. The molecule has 0 bridgehead atoms. The van der Waals surface area contributed by atoms with E-state index in [0.29, 0.717) is 13.0 Å². The molecule has 3 unspecified atom stereocenters. The van der Waals surface area contributed by atoms with Gasteiger partial charge in [0.05, 0.1) is 17.8 Å². The Morgan fingerprint density at radius 2 is 1.63 bits per heavy atom. The Kier molecular flexibility index (Phi) is 10.9. The number of ether oxygens (including phenoxy) is 1. The lowest BCUT2D eigenvalue weighted by molar-refractivity contribution is -0.0611. The highest BCUT2D eigenvalue weighted by Gasteiger charge is 2.29. The summed E-state index contributed by atoms with van der Waals surface area (Å²) in [6.07, 6.45) is 14.5. The number of hydrogen-bond acceptors (Lipinski definition) is 2. The Balaban J connectivity index is 2.28. The van der Waals surface area contributed by atoms with E-state index in [0.717, 1.165) is 23.7 Å². The molecule has 0 aliphatic heterocycles. The molecule has 2 heteroatoms. The van der Waals surface area contributed by atoms with Gasteiger partial charge in [-0.2, -0.15) is 0 Å². The first-order chi connectivity index (χ1) is 12.5. The Morgan fingerprint density at radius 3 is 2.26 bits per heavy atom. The van der Waals surface area contributed by atoms with Crippen LogP contribution in [0.4, 0.5) is 0 Å². The van der Waals surface area contributed by atoms with Crippen molar-refractivity contribution in [2.75, 3.05) is 6.61 Å². The summed E-state index contributed by atoms with van der Waals surface area (Å²) in [4.78, 5) is 0. The van der Waals surface area contributed by atoms with Crippen molar-refractivity contribution in [1.82, 2.24) is 0 Å². The van der Waals surface area contributed by atoms with Gasteiger partial charge in [0.25, 0.3) is 0 Å². The van der Waals surface area contributed by atoms with Crippen LogP contribution in [-0.2, 0) is 4.74 Å². The first-order valence-corrected chi connectivity index (χ1v) is 11.8. The van der Waals surface area contributed by atoms with Crippen molar-refractivity contribution in [2.24, 2.45) is 23.7 Å². The molecule has 2 nitrogen and oxygen atoms in total. The molecule has 0 spiro atoms. The predicted octanol–water partition coefficient (Wildman–Crippen LogP) is 7.38. The number of rotatable bonds is 13. The molecule has 1 saturated carbocycles. The van der Waals surface area contributed by atoms with E-state index < -0.39 is 5.60 Å². The van der Waals surface area contributed by atoms with E-state index in [4.69, 9.17) is 4.74 Å². The van der Waals surface area contributed by atoms with E-state index in [2.05, 4.69) is 34.6 Å². The summed E-state index contributed by atoms with van der Waals surface area (Å²) in [7, 11) is 0. The highest BCUT2D eigenvalue weighted by Crippen LogP contribution is 2.38. The molecule has 0 aromatic heterocycles. The minimum atomic E-state index is -0.627. The van der Waals surface area contributed by atoms with E-state index in [9.17, 15) is 5.11 Å². The Hall–Kier alpha value is -0.0800. The minimum absolute atomic E-state index is 0.0675. The van der Waals surface area contributed by atoms with Crippen LogP contribution in [-0.4, -0.2) is 22.9 Å². The standard InChI is InChI=1S/C25H50O2/c1-20(2)10-8-11-21(3)14-15-22-12-9-13-23(18-22)19-25(6,7)27-17-16-24(4,5)26/h20-23,26H,8-19H2,1-7H3. The molecule has 0 radical (unpaired) electrons. The summed E-state index contributed by atoms with van der Waals surface area (Å²) in [6.45, 7) is 16.0. The zero-order valence-electron chi connectivity index (χ0n) is 19.7. The molecule has 0 amide bonds. The molecule has 0 heterocycles. The quantitative estimate of drug-likeness (QED) is 0.360. The summed E-state index contributed by atoms with van der Waals surface area (Å²) in [6, 6.07) is 0. The van der Waals surface area contributed by atoms with Crippen molar-refractivity contribution >= 4 is 0 Å². The smallest absolute Gasteiger partial charge is 0.0629 e. The molecule has 27 heavy (non-hydrogen) atoms. The molecule has 1 fully saturated rings. The molecule has 0 aromatic carbocycles. The maximum absolute atomic E-state index is 9.88. The number of aliphatic hydroxyl groups is 1. The van der Waals surface area contributed by atoms with Gasteiger partial charge in [0.15, 0.2) is 0 Å². The van der Waals surface area contributed by atoms with Crippen LogP contribution < -0.4 is 0 Å². The van der Waals surface area contributed by atoms with Gasteiger partial charge in [-0.1, -0.05) is 72.1 Å². The summed E-state index contributed by atoms with van der Waals surface area (Å²) in [5.74, 6) is 3.50. The molecule has 1 aliphatic rings. The number of hydrogen-bond donors (Lipinski definition) is 1. The van der Waals surface area contributed by atoms with Crippen molar-refractivity contribution < 1.29 is 9.84 Å². The van der Waals surface area contributed by atoms with Crippen molar-refractivity contribution in [1.29, 1.82) is 0 Å². The third-order valence-corrected chi connectivity index (χ3v) is 6.42. The monoisotopic (exact) mass is 382 g/mol. The second-order valence-corrected chi connectivity index (χ2v) is 11.3. The topological polar surface area (TPSA) is 29.5 Å². The van der Waals surface area contributed by atoms with Crippen LogP contribution in [0.25, 0.3) is 0 Å².